The molecule has 0 aliphatic heterocycles. The summed E-state index contributed by atoms with van der Waals surface area (Å²) in [6.07, 6.45) is 0. The average Bonchev–Trinajstić information content (AvgIpc) is 3.43. The van der Waals surface area contributed by atoms with Gasteiger partial charge < -0.3 is 0 Å². The number of benzene rings is 6. The zero-order valence-corrected chi connectivity index (χ0v) is 25.6. The molecule has 0 heteroatoms. The van der Waals surface area contributed by atoms with E-state index in [0.29, 0.717) is 0 Å². The first-order valence-electron chi connectivity index (χ1n) is 15.4. The van der Waals surface area contributed by atoms with E-state index < -0.39 is 0 Å². The minimum atomic E-state index is -0.296. The lowest BCUT2D eigenvalue weighted by Crippen LogP contribution is -2.24. The Morgan fingerprint density at radius 2 is 0.930 bits per heavy atom. The van der Waals surface area contributed by atoms with Crippen LogP contribution in [0, 0.1) is 13.8 Å². The second kappa shape index (κ2) is 9.16. The van der Waals surface area contributed by atoms with Crippen molar-refractivity contribution in [2.24, 2.45) is 0 Å². The molecule has 0 bridgehead atoms. The molecule has 0 nitrogen and oxygen atoms in total. The van der Waals surface area contributed by atoms with Crippen LogP contribution in [0.1, 0.15) is 59.7 Å². The van der Waals surface area contributed by atoms with Gasteiger partial charge in [-0.05, 0) is 99.2 Å². The highest BCUT2D eigenvalue weighted by Crippen LogP contribution is 2.59. The van der Waals surface area contributed by atoms with Gasteiger partial charge in [-0.25, -0.2) is 0 Å². The SMILES string of the molecule is Cc1ccc(-c2ccc3c(c2)C(C)(c2cccc4c2-c2cccc(-c5ccc(C)cc5)c2C4(C)C)c2ccccc2-3)cc1. The van der Waals surface area contributed by atoms with Gasteiger partial charge in [-0.1, -0.05) is 146 Å². The van der Waals surface area contributed by atoms with Crippen LogP contribution in [0.25, 0.3) is 44.5 Å². The molecular formula is C43H36. The molecule has 0 saturated carbocycles. The number of fused-ring (bicyclic) bond motifs is 6. The van der Waals surface area contributed by atoms with Gasteiger partial charge in [0.05, 0.1) is 0 Å². The minimum Gasteiger partial charge on any atom is -0.0619 e. The Morgan fingerprint density at radius 3 is 1.67 bits per heavy atom. The Morgan fingerprint density at radius 1 is 0.395 bits per heavy atom. The van der Waals surface area contributed by atoms with E-state index in [4.69, 9.17) is 0 Å². The van der Waals surface area contributed by atoms with E-state index in [1.807, 2.05) is 0 Å². The molecule has 0 amide bonds. The summed E-state index contributed by atoms with van der Waals surface area (Å²) < 4.78 is 0. The van der Waals surface area contributed by atoms with Crippen molar-refractivity contribution in [2.45, 2.75) is 45.4 Å². The fourth-order valence-corrected chi connectivity index (χ4v) is 8.03. The maximum atomic E-state index is 2.46. The smallest absolute Gasteiger partial charge is 0.0442 e. The summed E-state index contributed by atoms with van der Waals surface area (Å²) >= 11 is 0. The maximum absolute atomic E-state index is 2.46. The van der Waals surface area contributed by atoms with E-state index >= 15 is 0 Å². The molecule has 0 aromatic heterocycles. The third-order valence-corrected chi connectivity index (χ3v) is 10.3. The Hall–Kier alpha value is -4.68. The van der Waals surface area contributed by atoms with Gasteiger partial charge in [0.25, 0.3) is 0 Å². The van der Waals surface area contributed by atoms with Crippen molar-refractivity contribution < 1.29 is 0 Å². The van der Waals surface area contributed by atoms with Crippen molar-refractivity contribution in [3.8, 4) is 44.5 Å². The first-order chi connectivity index (χ1) is 20.8. The molecule has 0 N–H and O–H groups in total. The summed E-state index contributed by atoms with van der Waals surface area (Å²) in [5.74, 6) is 0. The predicted octanol–water partition coefficient (Wildman–Crippen LogP) is 11.3. The van der Waals surface area contributed by atoms with E-state index in [9.17, 15) is 0 Å². The maximum Gasteiger partial charge on any atom is 0.0442 e. The zero-order chi connectivity index (χ0) is 29.5. The van der Waals surface area contributed by atoms with Crippen LogP contribution in [-0.2, 0) is 10.8 Å². The van der Waals surface area contributed by atoms with Crippen LogP contribution in [0.5, 0.6) is 0 Å². The van der Waals surface area contributed by atoms with E-state index in [1.54, 1.807) is 0 Å². The second-order valence-corrected chi connectivity index (χ2v) is 13.2. The van der Waals surface area contributed by atoms with Gasteiger partial charge in [0.15, 0.2) is 0 Å². The Bertz CT molecular complexity index is 2050. The lowest BCUT2D eigenvalue weighted by Gasteiger charge is -2.31. The number of hydrogen-bond acceptors (Lipinski definition) is 0. The summed E-state index contributed by atoms with van der Waals surface area (Å²) in [4.78, 5) is 0. The van der Waals surface area contributed by atoms with Crippen LogP contribution in [0.4, 0.5) is 0 Å². The van der Waals surface area contributed by atoms with Crippen molar-refractivity contribution in [1.29, 1.82) is 0 Å². The predicted molar refractivity (Wildman–Crippen MR) is 182 cm³/mol. The van der Waals surface area contributed by atoms with Crippen LogP contribution in [0.15, 0.2) is 127 Å². The highest BCUT2D eigenvalue weighted by molar-refractivity contribution is 5.93. The molecule has 1 atom stereocenters. The molecule has 43 heavy (non-hydrogen) atoms. The van der Waals surface area contributed by atoms with Gasteiger partial charge in [0, 0.05) is 10.8 Å². The van der Waals surface area contributed by atoms with Crippen LogP contribution < -0.4 is 0 Å². The Kier molecular flexibility index (Phi) is 5.53. The van der Waals surface area contributed by atoms with Gasteiger partial charge in [-0.2, -0.15) is 0 Å². The number of aryl methyl sites for hydroxylation is 2. The molecule has 1 unspecified atom stereocenters. The van der Waals surface area contributed by atoms with Gasteiger partial charge in [-0.15, -0.1) is 0 Å². The van der Waals surface area contributed by atoms with Crippen molar-refractivity contribution in [2.75, 3.05) is 0 Å². The van der Waals surface area contributed by atoms with Crippen molar-refractivity contribution in [3.63, 3.8) is 0 Å². The van der Waals surface area contributed by atoms with Crippen LogP contribution in [-0.4, -0.2) is 0 Å². The average molecular weight is 553 g/mol. The van der Waals surface area contributed by atoms with E-state index in [-0.39, 0.29) is 10.8 Å². The van der Waals surface area contributed by atoms with Crippen LogP contribution >= 0.6 is 0 Å². The number of rotatable bonds is 3. The van der Waals surface area contributed by atoms with E-state index in [1.165, 1.54) is 83.5 Å². The van der Waals surface area contributed by atoms with E-state index in [2.05, 4.69) is 162 Å². The number of hydrogen-bond donors (Lipinski definition) is 0. The third kappa shape index (κ3) is 3.63. The Balaban J connectivity index is 1.40. The molecule has 6 aromatic rings. The second-order valence-electron chi connectivity index (χ2n) is 13.2. The van der Waals surface area contributed by atoms with E-state index in [0.717, 1.165) is 0 Å². The van der Waals surface area contributed by atoms with Gasteiger partial charge >= 0.3 is 0 Å². The minimum absolute atomic E-state index is 0.122. The Labute approximate surface area is 255 Å². The molecule has 0 saturated heterocycles. The molecule has 208 valence electrons. The van der Waals surface area contributed by atoms with Crippen molar-refractivity contribution >= 4 is 0 Å². The normalized spacial score (nSPS) is 17.2. The summed E-state index contributed by atoms with van der Waals surface area (Å²) in [5, 5.41) is 0. The molecule has 2 aliphatic carbocycles. The third-order valence-electron chi connectivity index (χ3n) is 10.3. The first-order valence-corrected chi connectivity index (χ1v) is 15.4. The standard InChI is InChI=1S/C43H36/c1-27-16-20-29(21-17-27)31-24-25-34-33-10-6-7-13-36(33)43(5,39(34)26-31)38-15-9-14-37-40(38)35-12-8-11-32(41(35)42(37,3)4)30-22-18-28(2)19-23-30/h6-26H,1-5H3. The van der Waals surface area contributed by atoms with Crippen LogP contribution in [0.2, 0.25) is 0 Å². The van der Waals surface area contributed by atoms with Crippen molar-refractivity contribution in [3.05, 3.63) is 166 Å². The molecule has 8 rings (SSSR count). The first kappa shape index (κ1) is 26.0. The highest BCUT2D eigenvalue weighted by atomic mass is 14.5. The quantitative estimate of drug-likeness (QED) is 0.205. The molecule has 0 heterocycles. The van der Waals surface area contributed by atoms with Gasteiger partial charge in [0.1, 0.15) is 0 Å². The molecular weight excluding hydrogens is 516 g/mol. The summed E-state index contributed by atoms with van der Waals surface area (Å²) in [7, 11) is 0. The van der Waals surface area contributed by atoms with Crippen LogP contribution in [0.3, 0.4) is 0 Å². The van der Waals surface area contributed by atoms with Gasteiger partial charge in [-0.3, -0.25) is 0 Å². The largest absolute Gasteiger partial charge is 0.0619 e. The lowest BCUT2D eigenvalue weighted by molar-refractivity contribution is 0.658. The molecule has 6 aromatic carbocycles. The van der Waals surface area contributed by atoms with Crippen molar-refractivity contribution in [1.82, 2.24) is 0 Å². The monoisotopic (exact) mass is 552 g/mol. The fraction of sp³-hybridized carbons (Fsp3) is 0.163. The summed E-state index contributed by atoms with van der Waals surface area (Å²) in [6, 6.07) is 48.1. The lowest BCUT2D eigenvalue weighted by atomic mass is 9.70. The molecule has 2 aliphatic rings. The molecule has 0 radical (unpaired) electrons. The molecule has 0 fully saturated rings. The fourth-order valence-electron chi connectivity index (χ4n) is 8.03. The highest BCUT2D eigenvalue weighted by Gasteiger charge is 2.46. The summed E-state index contributed by atoms with van der Waals surface area (Å²) in [5.41, 5.74) is 19.8. The zero-order valence-electron chi connectivity index (χ0n) is 25.6. The summed E-state index contributed by atoms with van der Waals surface area (Å²) in [6.45, 7) is 11.6. The molecule has 0 spiro atoms. The topological polar surface area (TPSA) is 0 Å². The van der Waals surface area contributed by atoms with Gasteiger partial charge in [0.2, 0.25) is 0 Å².